The second-order valence-electron chi connectivity index (χ2n) is 4.92. The fourth-order valence-corrected chi connectivity index (χ4v) is 3.16. The van der Waals surface area contributed by atoms with Crippen molar-refractivity contribution in [2.45, 2.75) is 31.2 Å². The van der Waals surface area contributed by atoms with Gasteiger partial charge in [0.05, 0.1) is 17.9 Å². The van der Waals surface area contributed by atoms with Crippen molar-refractivity contribution in [2.75, 3.05) is 12.3 Å². The summed E-state index contributed by atoms with van der Waals surface area (Å²) in [6.45, 7) is 5.31. The summed E-state index contributed by atoms with van der Waals surface area (Å²) in [7, 11) is 1.94. The maximum absolute atomic E-state index is 4.03. The van der Waals surface area contributed by atoms with Gasteiger partial charge in [0.2, 0.25) is 0 Å². The first-order valence-corrected chi connectivity index (χ1v) is 7.96. The standard InChI is InChI=1S/C15H22N4S/c1-4-8-16-14(15-10-17-18-19(15)3)11-20-13-7-5-6-12(2)9-13/h5-7,9-10,14,16H,4,8,11H2,1-3H3. The number of aromatic nitrogens is 3. The van der Waals surface area contributed by atoms with E-state index in [9.17, 15) is 0 Å². The molecular formula is C15H22N4S. The van der Waals surface area contributed by atoms with Crippen LogP contribution in [0.15, 0.2) is 35.4 Å². The van der Waals surface area contributed by atoms with Gasteiger partial charge < -0.3 is 5.32 Å². The minimum atomic E-state index is 0.278. The average Bonchev–Trinajstić information content (AvgIpc) is 2.85. The molecule has 1 N–H and O–H groups in total. The van der Waals surface area contributed by atoms with Gasteiger partial charge in [-0.1, -0.05) is 29.8 Å². The number of rotatable bonds is 7. The van der Waals surface area contributed by atoms with E-state index < -0.39 is 0 Å². The van der Waals surface area contributed by atoms with Gasteiger partial charge in [0.25, 0.3) is 0 Å². The van der Waals surface area contributed by atoms with Crippen LogP contribution >= 0.6 is 11.8 Å². The lowest BCUT2D eigenvalue weighted by atomic mass is 10.2. The summed E-state index contributed by atoms with van der Waals surface area (Å²) in [6, 6.07) is 8.90. The summed E-state index contributed by atoms with van der Waals surface area (Å²) in [6.07, 6.45) is 2.97. The van der Waals surface area contributed by atoms with Gasteiger partial charge in [-0.05, 0) is 32.0 Å². The Hall–Kier alpha value is -1.33. The smallest absolute Gasteiger partial charge is 0.0761 e. The molecule has 1 aromatic carbocycles. The van der Waals surface area contributed by atoms with Gasteiger partial charge in [0.1, 0.15) is 0 Å². The highest BCUT2D eigenvalue weighted by molar-refractivity contribution is 7.99. The number of thioether (sulfide) groups is 1. The van der Waals surface area contributed by atoms with Crippen molar-refractivity contribution in [1.29, 1.82) is 0 Å². The minimum Gasteiger partial charge on any atom is -0.308 e. The normalized spacial score (nSPS) is 12.6. The van der Waals surface area contributed by atoms with E-state index in [1.807, 2.05) is 29.7 Å². The average molecular weight is 290 g/mol. The number of hydrogen-bond acceptors (Lipinski definition) is 4. The van der Waals surface area contributed by atoms with Crippen LogP contribution in [-0.4, -0.2) is 27.3 Å². The summed E-state index contributed by atoms with van der Waals surface area (Å²) in [4.78, 5) is 1.31. The third-order valence-electron chi connectivity index (χ3n) is 3.15. The zero-order chi connectivity index (χ0) is 14.4. The van der Waals surface area contributed by atoms with Gasteiger partial charge in [-0.25, -0.2) is 0 Å². The van der Waals surface area contributed by atoms with Crippen LogP contribution in [0.4, 0.5) is 0 Å². The molecule has 0 aliphatic rings. The second-order valence-corrected chi connectivity index (χ2v) is 6.01. The van der Waals surface area contributed by atoms with Crippen LogP contribution in [0, 0.1) is 6.92 Å². The molecule has 2 rings (SSSR count). The molecule has 1 unspecified atom stereocenters. The second kappa shape index (κ2) is 7.45. The topological polar surface area (TPSA) is 42.7 Å². The number of nitrogens with one attached hydrogen (secondary N) is 1. The molecule has 1 aromatic heterocycles. The van der Waals surface area contributed by atoms with E-state index in [1.54, 1.807) is 0 Å². The first-order valence-electron chi connectivity index (χ1n) is 6.98. The van der Waals surface area contributed by atoms with Crippen molar-refractivity contribution in [1.82, 2.24) is 20.3 Å². The highest BCUT2D eigenvalue weighted by Gasteiger charge is 2.15. The number of hydrogen-bond donors (Lipinski definition) is 1. The fraction of sp³-hybridized carbons (Fsp3) is 0.467. The molecule has 1 heterocycles. The van der Waals surface area contributed by atoms with Crippen molar-refractivity contribution >= 4 is 11.8 Å². The van der Waals surface area contributed by atoms with E-state index in [4.69, 9.17) is 0 Å². The summed E-state index contributed by atoms with van der Waals surface area (Å²) in [5.74, 6) is 0.977. The molecule has 0 aliphatic heterocycles. The molecule has 0 radical (unpaired) electrons. The molecule has 108 valence electrons. The number of aryl methyl sites for hydroxylation is 2. The van der Waals surface area contributed by atoms with Gasteiger partial charge in [-0.2, -0.15) is 0 Å². The summed E-state index contributed by atoms with van der Waals surface area (Å²) in [5.41, 5.74) is 2.44. The van der Waals surface area contributed by atoms with E-state index in [2.05, 4.69) is 53.7 Å². The van der Waals surface area contributed by atoms with Crippen LogP contribution in [-0.2, 0) is 7.05 Å². The monoisotopic (exact) mass is 290 g/mol. The van der Waals surface area contributed by atoms with Crippen LogP contribution in [0.5, 0.6) is 0 Å². The number of benzene rings is 1. The molecule has 1 atom stereocenters. The predicted molar refractivity (Wildman–Crippen MR) is 83.9 cm³/mol. The van der Waals surface area contributed by atoms with Crippen LogP contribution in [0.3, 0.4) is 0 Å². The van der Waals surface area contributed by atoms with Gasteiger partial charge in [-0.15, -0.1) is 16.9 Å². The lowest BCUT2D eigenvalue weighted by Gasteiger charge is -2.18. The molecule has 4 nitrogen and oxygen atoms in total. The quantitative estimate of drug-likeness (QED) is 0.796. The van der Waals surface area contributed by atoms with Crippen molar-refractivity contribution in [2.24, 2.45) is 7.05 Å². The van der Waals surface area contributed by atoms with Gasteiger partial charge in [0, 0.05) is 17.7 Å². The van der Waals surface area contributed by atoms with Crippen molar-refractivity contribution in [3.8, 4) is 0 Å². The zero-order valence-electron chi connectivity index (χ0n) is 12.3. The Balaban J connectivity index is 2.03. The maximum Gasteiger partial charge on any atom is 0.0761 e. The molecule has 0 bridgehead atoms. The first-order chi connectivity index (χ1) is 9.70. The predicted octanol–water partition coefficient (Wildman–Crippen LogP) is 2.96. The van der Waals surface area contributed by atoms with Gasteiger partial charge in [0.15, 0.2) is 0 Å². The minimum absolute atomic E-state index is 0.278. The van der Waals surface area contributed by atoms with Crippen LogP contribution in [0.25, 0.3) is 0 Å². The third-order valence-corrected chi connectivity index (χ3v) is 4.24. The van der Waals surface area contributed by atoms with E-state index in [0.29, 0.717) is 0 Å². The molecule has 20 heavy (non-hydrogen) atoms. The summed E-state index contributed by atoms with van der Waals surface area (Å²) < 4.78 is 1.85. The highest BCUT2D eigenvalue weighted by atomic mass is 32.2. The molecule has 0 aliphatic carbocycles. The Labute approximate surface area is 125 Å². The molecule has 0 fully saturated rings. The number of nitrogens with zero attached hydrogens (tertiary/aromatic N) is 3. The largest absolute Gasteiger partial charge is 0.308 e. The lowest BCUT2D eigenvalue weighted by Crippen LogP contribution is -2.26. The van der Waals surface area contributed by atoms with E-state index >= 15 is 0 Å². The summed E-state index contributed by atoms with van der Waals surface area (Å²) in [5, 5.41) is 11.6. The molecule has 0 spiro atoms. The van der Waals surface area contributed by atoms with Gasteiger partial charge >= 0.3 is 0 Å². The molecule has 0 amide bonds. The van der Waals surface area contributed by atoms with Crippen LogP contribution in [0.1, 0.15) is 30.6 Å². The Morgan fingerprint density at radius 2 is 2.25 bits per heavy atom. The molecular weight excluding hydrogens is 268 g/mol. The SMILES string of the molecule is CCCNC(CSc1cccc(C)c1)c1cnnn1C. The van der Waals surface area contributed by atoms with Gasteiger partial charge in [-0.3, -0.25) is 4.68 Å². The van der Waals surface area contributed by atoms with Crippen LogP contribution < -0.4 is 5.32 Å². The molecule has 0 saturated carbocycles. The molecule has 2 aromatic rings. The fourth-order valence-electron chi connectivity index (χ4n) is 2.07. The highest BCUT2D eigenvalue weighted by Crippen LogP contribution is 2.24. The molecule has 0 saturated heterocycles. The van der Waals surface area contributed by atoms with Crippen molar-refractivity contribution in [3.63, 3.8) is 0 Å². The van der Waals surface area contributed by atoms with E-state index in [-0.39, 0.29) is 6.04 Å². The lowest BCUT2D eigenvalue weighted by molar-refractivity contribution is 0.532. The summed E-state index contributed by atoms with van der Waals surface area (Å²) >= 11 is 1.87. The van der Waals surface area contributed by atoms with E-state index in [0.717, 1.165) is 24.4 Å². The Morgan fingerprint density at radius 1 is 1.40 bits per heavy atom. The Bertz CT molecular complexity index is 538. The first kappa shape index (κ1) is 15.1. The van der Waals surface area contributed by atoms with Crippen molar-refractivity contribution in [3.05, 3.63) is 41.7 Å². The van der Waals surface area contributed by atoms with Crippen LogP contribution in [0.2, 0.25) is 0 Å². The third kappa shape index (κ3) is 4.08. The molecule has 5 heteroatoms. The Kier molecular flexibility index (Phi) is 5.61. The van der Waals surface area contributed by atoms with E-state index in [1.165, 1.54) is 10.5 Å². The Morgan fingerprint density at radius 3 is 2.90 bits per heavy atom. The zero-order valence-corrected chi connectivity index (χ0v) is 13.2. The van der Waals surface area contributed by atoms with Crippen molar-refractivity contribution < 1.29 is 0 Å². The maximum atomic E-state index is 4.03.